The Hall–Kier alpha value is -4.50. The SMILES string of the molecule is CCCCC(=O)CN(CC(=O)OC)C(=O)CCC(=O)CNC(=O)CN(CC(=O)OC)C(=O)CCC(=O)CNC(=O)CCCCC(C)=O. The number of esters is 2. The van der Waals surface area contributed by atoms with E-state index in [0.717, 1.165) is 30.4 Å². The van der Waals surface area contributed by atoms with Crippen molar-refractivity contribution in [1.82, 2.24) is 20.4 Å². The van der Waals surface area contributed by atoms with Crippen molar-refractivity contribution in [1.29, 1.82) is 0 Å². The molecule has 0 aromatic heterocycles. The molecule has 0 radical (unpaired) electrons. The van der Waals surface area contributed by atoms with Crippen LogP contribution in [0, 0.1) is 0 Å². The average Bonchev–Trinajstić information content (AvgIpc) is 3.03. The molecule has 16 nitrogen and oxygen atoms in total. The van der Waals surface area contributed by atoms with Crippen molar-refractivity contribution in [3.05, 3.63) is 0 Å². The standard InChI is InChI=1S/C31H48N4O12/c1-5-6-10-25(39)18-34(20-30(44)46-3)28(42)14-12-24(38)17-33-27(41)19-35(21-31(45)47-4)29(43)15-13-23(37)16-32-26(40)11-8-7-9-22(2)36/h5-21H2,1-4H3,(H,32,40)(H,33,41). The predicted octanol–water partition coefficient (Wildman–Crippen LogP) is -0.171. The lowest BCUT2D eigenvalue weighted by Crippen LogP contribution is -2.44. The second-order valence-electron chi connectivity index (χ2n) is 10.8. The fourth-order valence-electron chi connectivity index (χ4n) is 3.93. The largest absolute Gasteiger partial charge is 0.468 e. The van der Waals surface area contributed by atoms with E-state index >= 15 is 0 Å². The van der Waals surface area contributed by atoms with Gasteiger partial charge in [0.2, 0.25) is 23.6 Å². The van der Waals surface area contributed by atoms with Gasteiger partial charge in [0.25, 0.3) is 0 Å². The van der Waals surface area contributed by atoms with E-state index < -0.39 is 67.4 Å². The van der Waals surface area contributed by atoms with Crippen LogP contribution in [0.25, 0.3) is 0 Å². The molecule has 2 N–H and O–H groups in total. The quantitative estimate of drug-likeness (QED) is 0.0906. The Morgan fingerprint density at radius 3 is 1.45 bits per heavy atom. The van der Waals surface area contributed by atoms with Crippen LogP contribution in [0.5, 0.6) is 0 Å². The van der Waals surface area contributed by atoms with E-state index in [0.29, 0.717) is 25.7 Å². The van der Waals surface area contributed by atoms with Crippen LogP contribution < -0.4 is 10.6 Å². The van der Waals surface area contributed by atoms with Crippen molar-refractivity contribution in [3.63, 3.8) is 0 Å². The number of Topliss-reactive ketones (excluding diaryl/α,β-unsaturated/α-hetero) is 4. The number of rotatable bonds is 26. The first-order valence-electron chi connectivity index (χ1n) is 15.5. The maximum Gasteiger partial charge on any atom is 0.325 e. The van der Waals surface area contributed by atoms with Gasteiger partial charge >= 0.3 is 11.9 Å². The molecule has 0 unspecified atom stereocenters. The number of hydrogen-bond donors (Lipinski definition) is 2. The monoisotopic (exact) mass is 668 g/mol. The molecule has 0 aliphatic rings. The summed E-state index contributed by atoms with van der Waals surface area (Å²) in [6.45, 7) is 0.587. The van der Waals surface area contributed by atoms with Gasteiger partial charge in [0, 0.05) is 44.9 Å². The van der Waals surface area contributed by atoms with Crippen molar-refractivity contribution in [2.24, 2.45) is 0 Å². The number of hydrogen-bond acceptors (Lipinski definition) is 12. The minimum atomic E-state index is -0.825. The highest BCUT2D eigenvalue weighted by atomic mass is 16.5. The van der Waals surface area contributed by atoms with E-state index in [9.17, 15) is 47.9 Å². The second-order valence-corrected chi connectivity index (χ2v) is 10.8. The van der Waals surface area contributed by atoms with E-state index in [1.165, 1.54) is 6.92 Å². The molecule has 0 aromatic rings. The van der Waals surface area contributed by atoms with Crippen LogP contribution in [-0.2, 0) is 57.4 Å². The highest BCUT2D eigenvalue weighted by Crippen LogP contribution is 2.05. The average molecular weight is 669 g/mol. The van der Waals surface area contributed by atoms with Crippen LogP contribution in [0.3, 0.4) is 0 Å². The number of amides is 4. The molecule has 0 fully saturated rings. The Morgan fingerprint density at radius 2 is 0.979 bits per heavy atom. The Bertz CT molecular complexity index is 1140. The van der Waals surface area contributed by atoms with Gasteiger partial charge in [-0.15, -0.1) is 0 Å². The third-order valence-corrected chi connectivity index (χ3v) is 6.70. The second kappa shape index (κ2) is 24.7. The molecule has 0 spiro atoms. The van der Waals surface area contributed by atoms with Gasteiger partial charge in [0.1, 0.15) is 25.4 Å². The fraction of sp³-hybridized carbons (Fsp3) is 0.677. The van der Waals surface area contributed by atoms with Gasteiger partial charge in [0.15, 0.2) is 17.3 Å². The summed E-state index contributed by atoms with van der Waals surface area (Å²) in [7, 11) is 2.23. The minimum absolute atomic E-state index is 0.0241. The first-order valence-corrected chi connectivity index (χ1v) is 15.5. The number of nitrogens with one attached hydrogen (secondary N) is 2. The summed E-state index contributed by atoms with van der Waals surface area (Å²) < 4.78 is 9.14. The summed E-state index contributed by atoms with van der Waals surface area (Å²) in [5, 5.41) is 4.76. The molecule has 0 saturated heterocycles. The topological polar surface area (TPSA) is 220 Å². The molecule has 47 heavy (non-hydrogen) atoms. The number of methoxy groups -OCH3 is 2. The number of carbonyl (C=O) groups excluding carboxylic acids is 10. The molecule has 0 saturated carbocycles. The van der Waals surface area contributed by atoms with E-state index in [-0.39, 0.29) is 69.1 Å². The zero-order valence-corrected chi connectivity index (χ0v) is 27.8. The van der Waals surface area contributed by atoms with Crippen LogP contribution >= 0.6 is 0 Å². The minimum Gasteiger partial charge on any atom is -0.468 e. The van der Waals surface area contributed by atoms with E-state index in [4.69, 9.17) is 0 Å². The molecule has 0 aliphatic heterocycles. The van der Waals surface area contributed by atoms with Gasteiger partial charge in [-0.2, -0.15) is 0 Å². The summed E-state index contributed by atoms with van der Waals surface area (Å²) in [5.74, 6) is -5.25. The van der Waals surface area contributed by atoms with Crippen molar-refractivity contribution in [2.75, 3.05) is 53.5 Å². The Labute approximate surface area is 274 Å². The summed E-state index contributed by atoms with van der Waals surface area (Å²) in [5.41, 5.74) is 0. The van der Waals surface area contributed by atoms with Crippen LogP contribution in [0.2, 0.25) is 0 Å². The molecule has 0 bridgehead atoms. The third kappa shape index (κ3) is 21.8. The molecule has 0 atom stereocenters. The normalized spacial score (nSPS) is 10.3. The number of carbonyl (C=O) groups is 10. The van der Waals surface area contributed by atoms with Gasteiger partial charge in [0.05, 0.1) is 33.9 Å². The first-order chi connectivity index (χ1) is 22.2. The zero-order chi connectivity index (χ0) is 35.8. The van der Waals surface area contributed by atoms with Gasteiger partial charge < -0.3 is 34.7 Å². The van der Waals surface area contributed by atoms with Gasteiger partial charge in [-0.05, 0) is 26.2 Å². The van der Waals surface area contributed by atoms with Gasteiger partial charge in [-0.25, -0.2) is 0 Å². The first kappa shape index (κ1) is 42.5. The predicted molar refractivity (Wildman–Crippen MR) is 165 cm³/mol. The lowest BCUT2D eigenvalue weighted by atomic mass is 10.1. The summed E-state index contributed by atoms with van der Waals surface area (Å²) in [4.78, 5) is 123. The number of ketones is 4. The van der Waals surface area contributed by atoms with Crippen molar-refractivity contribution in [2.45, 2.75) is 84.5 Å². The lowest BCUT2D eigenvalue weighted by molar-refractivity contribution is -0.148. The van der Waals surface area contributed by atoms with Crippen LogP contribution in [0.15, 0.2) is 0 Å². The van der Waals surface area contributed by atoms with Crippen molar-refractivity contribution >= 4 is 58.7 Å². The van der Waals surface area contributed by atoms with Gasteiger partial charge in [-0.1, -0.05) is 13.3 Å². The smallest absolute Gasteiger partial charge is 0.325 e. The highest BCUT2D eigenvalue weighted by molar-refractivity contribution is 5.94. The van der Waals surface area contributed by atoms with Crippen LogP contribution in [0.4, 0.5) is 0 Å². The van der Waals surface area contributed by atoms with Crippen LogP contribution in [-0.4, -0.2) is 122 Å². The van der Waals surface area contributed by atoms with Gasteiger partial charge in [-0.3, -0.25) is 43.2 Å². The maximum absolute atomic E-state index is 12.7. The number of ether oxygens (including phenoxy) is 2. The summed E-state index contributed by atoms with van der Waals surface area (Å²) in [6, 6.07) is 0. The number of unbranched alkanes of at least 4 members (excludes halogenated alkanes) is 2. The molecule has 0 heterocycles. The summed E-state index contributed by atoms with van der Waals surface area (Å²) in [6.07, 6.45) is 1.94. The lowest BCUT2D eigenvalue weighted by Gasteiger charge is -2.21. The molecular formula is C31H48N4O12. The molecule has 264 valence electrons. The highest BCUT2D eigenvalue weighted by Gasteiger charge is 2.23. The Balaban J connectivity index is 4.85. The molecule has 0 aromatic carbocycles. The maximum atomic E-state index is 12.7. The van der Waals surface area contributed by atoms with Crippen LogP contribution in [0.1, 0.15) is 84.5 Å². The Kier molecular flexibility index (Phi) is 22.3. The van der Waals surface area contributed by atoms with E-state index in [1.807, 2.05) is 6.92 Å². The fourth-order valence-corrected chi connectivity index (χ4v) is 3.93. The molecule has 16 heteroatoms. The van der Waals surface area contributed by atoms with Crippen molar-refractivity contribution < 1.29 is 57.4 Å². The molecule has 0 rings (SSSR count). The molecule has 0 aliphatic carbocycles. The molecule has 4 amide bonds. The Morgan fingerprint density at radius 1 is 0.511 bits per heavy atom. The third-order valence-electron chi connectivity index (χ3n) is 6.70. The van der Waals surface area contributed by atoms with E-state index in [1.54, 1.807) is 0 Å². The van der Waals surface area contributed by atoms with Crippen molar-refractivity contribution in [3.8, 4) is 0 Å². The summed E-state index contributed by atoms with van der Waals surface area (Å²) >= 11 is 0. The zero-order valence-electron chi connectivity index (χ0n) is 27.8. The number of nitrogens with zero attached hydrogens (tertiary/aromatic N) is 2. The molecular weight excluding hydrogens is 620 g/mol. The van der Waals surface area contributed by atoms with E-state index in [2.05, 4.69) is 20.1 Å².